The Kier molecular flexibility index (Phi) is 18.2. The molecular weight excluding hydrogens is 1170 g/mol. The number of alkyl halides is 6. The van der Waals surface area contributed by atoms with E-state index in [1.54, 1.807) is 24.3 Å². The van der Waals surface area contributed by atoms with E-state index in [9.17, 15) is 41.3 Å². The van der Waals surface area contributed by atoms with Crippen LogP contribution in [-0.2, 0) is 37.0 Å². The molecule has 5 aromatic carbocycles. The number of aliphatic imine (C=N–C) groups is 3. The fraction of sp³-hybridized carbons (Fsp3) is 0.148. The largest absolute Gasteiger partial charge is 2.00 e. The quantitative estimate of drug-likeness (QED) is 0.0531. The third-order valence-electron chi connectivity index (χ3n) is 13.1. The molecule has 424 valence electrons. The Morgan fingerprint density at radius 2 is 1.00 bits per heavy atom. The summed E-state index contributed by atoms with van der Waals surface area (Å²) in [4.78, 5) is 65.4. The number of allylic oxidation sites excluding steroid dienone is 5. The Labute approximate surface area is 490 Å². The number of nitro groups is 1. The number of fused-ring (bicyclic) bond motifs is 5. The van der Waals surface area contributed by atoms with Crippen molar-refractivity contribution >= 4 is 80.7 Å². The van der Waals surface area contributed by atoms with Crippen LogP contribution in [0.4, 0.5) is 32.0 Å². The summed E-state index contributed by atoms with van der Waals surface area (Å²) in [5, 5.41) is 28.7. The SMILES string of the molecule is Cc1cc(C)c(/C2=C3\C=CC(=N3)C(OC(=O)c3ccc([N+](=O)[O-])cc3)(c3ccc(Cl)cc3)C3=N/C(=C(/c4c(C)cc(C)cc4C)c4ccc([n-]4)/C(c4ccc(Cl)cc4)=C4/C=CC2=N4)C=C3)c(C)c1.O=C(O)C(F)(F)F.O=C([O-])C(F)(F)F.[Fe+2]. The Morgan fingerprint density at radius 1 is 0.590 bits per heavy atom. The number of hydrogen-bond acceptors (Lipinski definition) is 10. The van der Waals surface area contributed by atoms with Gasteiger partial charge in [-0.25, -0.2) is 24.6 Å². The molecule has 22 heteroatoms. The predicted octanol–water partition coefficient (Wildman–Crippen LogP) is 13.4. The molecule has 0 saturated heterocycles. The van der Waals surface area contributed by atoms with Crippen LogP contribution in [0.5, 0.6) is 0 Å². The van der Waals surface area contributed by atoms with Crippen molar-refractivity contribution in [1.82, 2.24) is 4.98 Å². The third-order valence-corrected chi connectivity index (χ3v) is 13.6. The maximum absolute atomic E-state index is 14.8. The van der Waals surface area contributed by atoms with Gasteiger partial charge in [-0.2, -0.15) is 26.3 Å². The van der Waals surface area contributed by atoms with Gasteiger partial charge in [0.2, 0.25) is 5.60 Å². The van der Waals surface area contributed by atoms with Crippen molar-refractivity contribution in [1.29, 1.82) is 0 Å². The van der Waals surface area contributed by atoms with E-state index >= 15 is 0 Å². The Balaban J connectivity index is 0.000000589. The van der Waals surface area contributed by atoms with Gasteiger partial charge in [-0.15, -0.1) is 11.4 Å². The number of aryl methyl sites for hydroxylation is 6. The van der Waals surface area contributed by atoms with E-state index in [1.165, 1.54) is 24.3 Å². The fourth-order valence-electron chi connectivity index (χ4n) is 9.84. The third kappa shape index (κ3) is 13.2. The number of non-ortho nitro benzene ring substituents is 1. The van der Waals surface area contributed by atoms with Crippen molar-refractivity contribution in [3.8, 4) is 0 Å². The molecule has 4 aliphatic rings. The first kappa shape index (κ1) is 61.9. The van der Waals surface area contributed by atoms with E-state index < -0.39 is 40.8 Å². The molecule has 6 aromatic rings. The molecule has 0 radical (unpaired) electrons. The number of aliphatic carboxylic acids is 2. The molecule has 1 N–H and O–H groups in total. The van der Waals surface area contributed by atoms with Crippen LogP contribution in [0.3, 0.4) is 0 Å². The van der Waals surface area contributed by atoms with E-state index in [0.29, 0.717) is 61.2 Å². The number of carboxylic acids is 2. The van der Waals surface area contributed by atoms with Crippen LogP contribution in [0.1, 0.15) is 77.4 Å². The number of esters is 1. The number of nitrogens with zero attached hydrogens (tertiary/aromatic N) is 5. The molecular formula is C61H43Cl2F6FeN5O8. The van der Waals surface area contributed by atoms with Gasteiger partial charge in [-0.3, -0.25) is 10.1 Å². The van der Waals surface area contributed by atoms with Crippen LogP contribution in [0.15, 0.2) is 178 Å². The molecule has 5 heterocycles. The summed E-state index contributed by atoms with van der Waals surface area (Å²) < 4.78 is 70.2. The van der Waals surface area contributed by atoms with Crippen molar-refractivity contribution < 1.29 is 77.7 Å². The predicted molar refractivity (Wildman–Crippen MR) is 298 cm³/mol. The van der Waals surface area contributed by atoms with Crippen LogP contribution in [-0.4, -0.2) is 57.4 Å². The maximum atomic E-state index is 14.8. The molecule has 4 aliphatic heterocycles. The van der Waals surface area contributed by atoms with Gasteiger partial charge in [0, 0.05) is 33.3 Å². The Hall–Kier alpha value is -8.68. The van der Waals surface area contributed by atoms with E-state index in [1.807, 2.05) is 72.9 Å². The number of carbonyl (C=O) groups is 3. The van der Waals surface area contributed by atoms with Gasteiger partial charge in [0.1, 0.15) is 5.97 Å². The number of carboxylic acid groups (broad SMARTS) is 2. The topological polar surface area (TPSA) is 198 Å². The number of hydrogen-bond donors (Lipinski definition) is 1. The molecule has 10 rings (SSSR count). The molecule has 8 bridgehead atoms. The van der Waals surface area contributed by atoms with Crippen LogP contribution in [0.25, 0.3) is 16.7 Å². The molecule has 0 fully saturated rings. The number of halogens is 8. The molecule has 0 amide bonds. The average Bonchev–Trinajstić information content (AvgIpc) is 4.46. The monoisotopic (exact) mass is 1210 g/mol. The number of carbonyl (C=O) groups excluding carboxylic acids is 2. The summed E-state index contributed by atoms with van der Waals surface area (Å²) in [6.45, 7) is 12.5. The zero-order chi connectivity index (χ0) is 59.7. The molecule has 1 aromatic heterocycles. The summed E-state index contributed by atoms with van der Waals surface area (Å²) in [5.41, 5.74) is 14.9. The van der Waals surface area contributed by atoms with Crippen LogP contribution in [0.2, 0.25) is 10.0 Å². The minimum absolute atomic E-state index is 0. The van der Waals surface area contributed by atoms with Crippen LogP contribution in [0, 0.1) is 51.7 Å². The van der Waals surface area contributed by atoms with E-state index in [4.69, 9.17) is 67.7 Å². The molecule has 13 nitrogen and oxygen atoms in total. The Bertz CT molecular complexity index is 3880. The smallest absolute Gasteiger partial charge is 0.657 e. The van der Waals surface area contributed by atoms with Gasteiger partial charge >= 0.3 is 41.4 Å². The molecule has 0 saturated carbocycles. The first-order chi connectivity index (χ1) is 38.6. The van der Waals surface area contributed by atoms with Crippen molar-refractivity contribution in [2.45, 2.75) is 59.5 Å². The second-order valence-corrected chi connectivity index (χ2v) is 19.9. The fourth-order valence-corrected chi connectivity index (χ4v) is 10.1. The number of nitro benzene ring substituents is 1. The van der Waals surface area contributed by atoms with E-state index in [2.05, 4.69) is 65.8 Å². The number of aromatic nitrogens is 1. The second kappa shape index (κ2) is 24.4. The first-order valence-corrected chi connectivity index (χ1v) is 25.3. The maximum Gasteiger partial charge on any atom is 2.00 e. The number of benzene rings is 5. The second-order valence-electron chi connectivity index (χ2n) is 19.0. The van der Waals surface area contributed by atoms with Crippen molar-refractivity contribution in [3.05, 3.63) is 255 Å². The van der Waals surface area contributed by atoms with Gasteiger partial charge < -0.3 is 24.7 Å². The van der Waals surface area contributed by atoms with Crippen LogP contribution < -0.4 is 10.1 Å². The minimum atomic E-state index is -5.19. The van der Waals surface area contributed by atoms with Crippen molar-refractivity contribution in [3.63, 3.8) is 0 Å². The molecule has 1 atom stereocenters. The van der Waals surface area contributed by atoms with Gasteiger partial charge in [-0.1, -0.05) is 95.0 Å². The van der Waals surface area contributed by atoms with E-state index in [-0.39, 0.29) is 28.3 Å². The van der Waals surface area contributed by atoms with Crippen molar-refractivity contribution in [2.24, 2.45) is 15.0 Å². The summed E-state index contributed by atoms with van der Waals surface area (Å²) in [6, 6.07) is 32.7. The summed E-state index contributed by atoms with van der Waals surface area (Å²) in [6.07, 6.45) is 1.32. The average molecular weight is 1210 g/mol. The Morgan fingerprint density at radius 3 is 1.45 bits per heavy atom. The summed E-state index contributed by atoms with van der Waals surface area (Å²) in [7, 11) is 0. The van der Waals surface area contributed by atoms with Crippen molar-refractivity contribution in [2.75, 3.05) is 0 Å². The zero-order valence-electron chi connectivity index (χ0n) is 44.3. The molecule has 0 aliphatic carbocycles. The van der Waals surface area contributed by atoms with Gasteiger partial charge in [-0.05, 0) is 164 Å². The molecule has 83 heavy (non-hydrogen) atoms. The van der Waals surface area contributed by atoms with Gasteiger partial charge in [0.25, 0.3) is 5.69 Å². The minimum Gasteiger partial charge on any atom is -0.657 e. The zero-order valence-corrected chi connectivity index (χ0v) is 46.9. The molecule has 1 unspecified atom stereocenters. The van der Waals surface area contributed by atoms with Gasteiger partial charge in [0.05, 0.1) is 44.7 Å². The summed E-state index contributed by atoms with van der Waals surface area (Å²) >= 11 is 13.0. The van der Waals surface area contributed by atoms with E-state index in [0.717, 1.165) is 66.8 Å². The number of rotatable bonds is 7. The van der Waals surface area contributed by atoms with Gasteiger partial charge in [0.15, 0.2) is 0 Å². The summed E-state index contributed by atoms with van der Waals surface area (Å²) in [5.74, 6) is -6.52. The number of ether oxygens (including phenoxy) is 1. The van der Waals surface area contributed by atoms with Crippen LogP contribution >= 0.6 is 23.2 Å². The first-order valence-electron chi connectivity index (χ1n) is 24.5. The molecule has 0 spiro atoms. The normalized spacial score (nSPS) is 18.7. The standard InChI is InChI=1S/C57H42Cl2N5O4.2C2HF3O2.Fe/c1-31-27-33(3)51(34(4)28-31)54-45-21-19-43(60-45)53(37-7-13-40(58)14-8-37)44-20-22-46(61-44)55(52-35(5)29-32(2)30-36(52)6)48-24-26-50(63-48)57(49-25-23-47(54)62-49,39-11-15-41(59)16-12-39)68-56(65)38-9-17-42(18-10-38)64(66)67;2*3-2(4,5)1(6)7;/h7-30H,1-6H3;2*(H,6,7);/q-1;;;+2/p-1.